The number of ether oxygens (including phenoxy) is 1. The number of likely N-dealkylation sites (N-methyl/N-ethyl adjacent to an activating group) is 1. The van der Waals surface area contributed by atoms with E-state index in [0.717, 1.165) is 19.1 Å². The summed E-state index contributed by atoms with van der Waals surface area (Å²) < 4.78 is 6.25. The highest BCUT2D eigenvalue weighted by molar-refractivity contribution is 4.86. The fourth-order valence-electron chi connectivity index (χ4n) is 3.51. The van der Waals surface area contributed by atoms with Crippen LogP contribution in [0.2, 0.25) is 0 Å². The molecule has 0 spiro atoms. The molecule has 21 heavy (non-hydrogen) atoms. The highest BCUT2D eigenvalue weighted by Crippen LogP contribution is 2.24. The Bertz CT molecular complexity index is 314. The van der Waals surface area contributed by atoms with Crippen LogP contribution in [0.25, 0.3) is 0 Å². The molecule has 2 aliphatic heterocycles. The highest BCUT2D eigenvalue weighted by atomic mass is 16.5. The Balaban J connectivity index is 1.72. The van der Waals surface area contributed by atoms with Crippen LogP contribution in [0, 0.1) is 0 Å². The first-order valence-corrected chi connectivity index (χ1v) is 8.63. The second kappa shape index (κ2) is 7.40. The van der Waals surface area contributed by atoms with E-state index in [4.69, 9.17) is 4.74 Å². The molecule has 4 heteroatoms. The first-order valence-electron chi connectivity index (χ1n) is 8.63. The number of likely N-dealkylation sites (tertiary alicyclic amines) is 1. The summed E-state index contributed by atoms with van der Waals surface area (Å²) in [7, 11) is 4.35. The van der Waals surface area contributed by atoms with Crippen molar-refractivity contribution < 1.29 is 4.74 Å². The van der Waals surface area contributed by atoms with Crippen LogP contribution in [0.3, 0.4) is 0 Å². The molecule has 0 radical (unpaired) electrons. The second-order valence-electron chi connectivity index (χ2n) is 8.14. The van der Waals surface area contributed by atoms with Gasteiger partial charge in [-0.1, -0.05) is 0 Å². The molecule has 3 atom stereocenters. The Kier molecular flexibility index (Phi) is 6.06. The minimum atomic E-state index is 0.188. The average molecular weight is 297 g/mol. The standard InChI is InChI=1S/C17H35N3O/c1-17(2,3)18-11-15-8-9-16(21-15)13-20-10-6-7-14(20)12-19(4)5/h14-16,18H,6-13H2,1-5H3. The van der Waals surface area contributed by atoms with Crippen LogP contribution < -0.4 is 5.32 Å². The fourth-order valence-corrected chi connectivity index (χ4v) is 3.51. The monoisotopic (exact) mass is 297 g/mol. The zero-order valence-electron chi connectivity index (χ0n) is 14.7. The molecular weight excluding hydrogens is 262 g/mol. The maximum Gasteiger partial charge on any atom is 0.0707 e. The van der Waals surface area contributed by atoms with E-state index >= 15 is 0 Å². The van der Waals surface area contributed by atoms with Crippen LogP contribution in [0.1, 0.15) is 46.5 Å². The molecule has 2 fully saturated rings. The highest BCUT2D eigenvalue weighted by Gasteiger charge is 2.31. The molecular formula is C17H35N3O. The van der Waals surface area contributed by atoms with Crippen LogP contribution in [-0.2, 0) is 4.74 Å². The van der Waals surface area contributed by atoms with Crippen LogP contribution in [0.5, 0.6) is 0 Å². The maximum atomic E-state index is 6.25. The van der Waals surface area contributed by atoms with Gasteiger partial charge in [0.15, 0.2) is 0 Å². The lowest BCUT2D eigenvalue weighted by atomic mass is 10.1. The molecule has 3 unspecified atom stereocenters. The van der Waals surface area contributed by atoms with Gasteiger partial charge < -0.3 is 15.0 Å². The Morgan fingerprint density at radius 3 is 2.52 bits per heavy atom. The van der Waals surface area contributed by atoms with E-state index < -0.39 is 0 Å². The topological polar surface area (TPSA) is 27.7 Å². The predicted molar refractivity (Wildman–Crippen MR) is 88.8 cm³/mol. The van der Waals surface area contributed by atoms with Crippen LogP contribution in [0.15, 0.2) is 0 Å². The van der Waals surface area contributed by atoms with E-state index in [9.17, 15) is 0 Å². The lowest BCUT2D eigenvalue weighted by Crippen LogP contribution is -2.43. The van der Waals surface area contributed by atoms with E-state index in [1.165, 1.54) is 38.8 Å². The quantitative estimate of drug-likeness (QED) is 0.811. The minimum absolute atomic E-state index is 0.188. The lowest BCUT2D eigenvalue weighted by Gasteiger charge is -2.29. The number of rotatable bonds is 6. The van der Waals surface area contributed by atoms with Gasteiger partial charge in [0, 0.05) is 31.2 Å². The van der Waals surface area contributed by atoms with Crippen LogP contribution in [0.4, 0.5) is 0 Å². The molecule has 0 bridgehead atoms. The van der Waals surface area contributed by atoms with E-state index in [-0.39, 0.29) is 5.54 Å². The largest absolute Gasteiger partial charge is 0.372 e. The normalized spacial score (nSPS) is 31.4. The Hall–Kier alpha value is -0.160. The summed E-state index contributed by atoms with van der Waals surface area (Å²) >= 11 is 0. The molecule has 0 amide bonds. The van der Waals surface area contributed by atoms with Gasteiger partial charge in [-0.25, -0.2) is 0 Å². The van der Waals surface area contributed by atoms with Crippen molar-refractivity contribution in [1.29, 1.82) is 0 Å². The number of hydrogen-bond donors (Lipinski definition) is 1. The third-order valence-electron chi connectivity index (χ3n) is 4.57. The molecule has 2 aliphatic rings. The zero-order chi connectivity index (χ0) is 15.5. The second-order valence-corrected chi connectivity index (χ2v) is 8.14. The van der Waals surface area contributed by atoms with Gasteiger partial charge in [0.2, 0.25) is 0 Å². The van der Waals surface area contributed by atoms with Crippen molar-refractivity contribution in [2.45, 2.75) is 70.2 Å². The van der Waals surface area contributed by atoms with Crippen LogP contribution in [-0.4, -0.2) is 73.9 Å². The van der Waals surface area contributed by atoms with Crippen molar-refractivity contribution in [3.63, 3.8) is 0 Å². The summed E-state index contributed by atoms with van der Waals surface area (Å²) in [5.74, 6) is 0. The summed E-state index contributed by atoms with van der Waals surface area (Å²) in [5.41, 5.74) is 0.188. The summed E-state index contributed by atoms with van der Waals surface area (Å²) in [6, 6.07) is 0.732. The average Bonchev–Trinajstić information content (AvgIpc) is 2.96. The van der Waals surface area contributed by atoms with Crippen molar-refractivity contribution in [3.8, 4) is 0 Å². The van der Waals surface area contributed by atoms with Crippen molar-refractivity contribution >= 4 is 0 Å². The van der Waals surface area contributed by atoms with Gasteiger partial charge in [-0.05, 0) is 67.1 Å². The number of nitrogens with zero attached hydrogens (tertiary/aromatic N) is 2. The van der Waals surface area contributed by atoms with Gasteiger partial charge in [-0.2, -0.15) is 0 Å². The molecule has 0 aromatic heterocycles. The van der Waals surface area contributed by atoms with Crippen molar-refractivity contribution in [2.24, 2.45) is 0 Å². The first kappa shape index (κ1) is 17.2. The molecule has 0 aliphatic carbocycles. The Morgan fingerprint density at radius 2 is 1.86 bits per heavy atom. The van der Waals surface area contributed by atoms with Crippen molar-refractivity contribution in [3.05, 3.63) is 0 Å². The third kappa shape index (κ3) is 5.85. The number of nitrogens with one attached hydrogen (secondary N) is 1. The van der Waals surface area contributed by atoms with E-state index in [1.54, 1.807) is 0 Å². The van der Waals surface area contributed by atoms with E-state index in [0.29, 0.717) is 12.2 Å². The first-order chi connectivity index (χ1) is 9.83. The third-order valence-corrected chi connectivity index (χ3v) is 4.57. The van der Waals surface area contributed by atoms with Gasteiger partial charge in [-0.15, -0.1) is 0 Å². The fraction of sp³-hybridized carbons (Fsp3) is 1.00. The Labute approximate surface area is 131 Å². The molecule has 2 rings (SSSR count). The smallest absolute Gasteiger partial charge is 0.0707 e. The van der Waals surface area contributed by atoms with Gasteiger partial charge in [-0.3, -0.25) is 4.90 Å². The molecule has 4 nitrogen and oxygen atoms in total. The summed E-state index contributed by atoms with van der Waals surface area (Å²) in [6.07, 6.45) is 5.98. The molecule has 0 saturated carbocycles. The van der Waals surface area contributed by atoms with Crippen LogP contribution >= 0.6 is 0 Å². The van der Waals surface area contributed by atoms with Gasteiger partial charge in [0.05, 0.1) is 12.2 Å². The molecule has 124 valence electrons. The van der Waals surface area contributed by atoms with E-state index in [1.807, 2.05) is 0 Å². The summed E-state index contributed by atoms with van der Waals surface area (Å²) in [5, 5.41) is 3.57. The number of hydrogen-bond acceptors (Lipinski definition) is 4. The van der Waals surface area contributed by atoms with Gasteiger partial charge in [0.25, 0.3) is 0 Å². The SMILES string of the molecule is CN(C)CC1CCCN1CC1CCC(CNC(C)(C)C)O1. The minimum Gasteiger partial charge on any atom is -0.372 e. The van der Waals surface area contributed by atoms with Gasteiger partial charge >= 0.3 is 0 Å². The zero-order valence-corrected chi connectivity index (χ0v) is 14.7. The summed E-state index contributed by atoms with van der Waals surface area (Å²) in [6.45, 7) is 11.2. The van der Waals surface area contributed by atoms with Crippen molar-refractivity contribution in [2.75, 3.05) is 40.3 Å². The molecule has 2 saturated heterocycles. The molecule has 1 N–H and O–H groups in total. The van der Waals surface area contributed by atoms with E-state index in [2.05, 4.69) is 50.0 Å². The molecule has 0 aromatic rings. The van der Waals surface area contributed by atoms with Gasteiger partial charge in [0.1, 0.15) is 0 Å². The lowest BCUT2D eigenvalue weighted by molar-refractivity contribution is 0.0168. The summed E-state index contributed by atoms with van der Waals surface area (Å²) in [4.78, 5) is 4.97. The molecule has 2 heterocycles. The predicted octanol–water partition coefficient (Wildman–Crippen LogP) is 1.95. The Morgan fingerprint density at radius 1 is 1.14 bits per heavy atom. The van der Waals surface area contributed by atoms with Crippen molar-refractivity contribution in [1.82, 2.24) is 15.1 Å². The molecule has 0 aromatic carbocycles. The maximum absolute atomic E-state index is 6.25.